The lowest BCUT2D eigenvalue weighted by molar-refractivity contribution is 0.0939. The highest BCUT2D eigenvalue weighted by molar-refractivity contribution is 5.94. The van der Waals surface area contributed by atoms with Crippen LogP contribution in [0.1, 0.15) is 54.2 Å². The van der Waals surface area contributed by atoms with Crippen molar-refractivity contribution in [2.75, 3.05) is 27.3 Å². The average molecular weight is 397 g/mol. The number of likely N-dealkylation sites (tertiary alicyclic amines) is 1. The molecule has 2 aromatic rings. The summed E-state index contributed by atoms with van der Waals surface area (Å²) in [6.45, 7) is 7.56. The maximum atomic E-state index is 12.7. The smallest absolute Gasteiger partial charge is 0.251 e. The molecule has 5 nitrogen and oxygen atoms in total. The number of rotatable bonds is 7. The summed E-state index contributed by atoms with van der Waals surface area (Å²) in [4.78, 5) is 15.2. The van der Waals surface area contributed by atoms with E-state index in [9.17, 15) is 4.79 Å². The molecule has 0 radical (unpaired) electrons. The average Bonchev–Trinajstić information content (AvgIpc) is 2.75. The lowest BCUT2D eigenvalue weighted by atomic mass is 9.99. The lowest BCUT2D eigenvalue weighted by Crippen LogP contribution is -2.32. The zero-order chi connectivity index (χ0) is 20.8. The number of nitrogens with one attached hydrogen (secondary N) is 1. The van der Waals surface area contributed by atoms with Gasteiger partial charge in [-0.3, -0.25) is 9.69 Å². The van der Waals surface area contributed by atoms with Crippen LogP contribution < -0.4 is 14.8 Å². The molecule has 1 fully saturated rings. The van der Waals surface area contributed by atoms with Crippen LogP contribution in [-0.4, -0.2) is 38.1 Å². The highest BCUT2D eigenvalue weighted by atomic mass is 16.5. The van der Waals surface area contributed by atoms with Gasteiger partial charge < -0.3 is 14.8 Å². The first-order valence-electron chi connectivity index (χ1n) is 10.3. The first-order chi connectivity index (χ1) is 14.0. The van der Waals surface area contributed by atoms with Crippen LogP contribution in [0.5, 0.6) is 11.5 Å². The minimum absolute atomic E-state index is 0.0781. The number of carbonyl (C=O) groups is 1. The summed E-state index contributed by atoms with van der Waals surface area (Å²) in [5.74, 6) is 2.09. The summed E-state index contributed by atoms with van der Waals surface area (Å²) >= 11 is 0. The Hall–Kier alpha value is -2.53. The largest absolute Gasteiger partial charge is 0.493 e. The molecule has 156 valence electrons. The SMILES string of the molecule is COc1ccc(C(C)NC(=O)c2ccc(CN3CCC(C)CC3)cc2)cc1OC. The third-order valence-electron chi connectivity index (χ3n) is 5.75. The number of ether oxygens (including phenoxy) is 2. The molecule has 3 rings (SSSR count). The summed E-state index contributed by atoms with van der Waals surface area (Å²) in [5.41, 5.74) is 2.89. The maximum Gasteiger partial charge on any atom is 0.251 e. The number of carbonyl (C=O) groups excluding carboxylic acids is 1. The van der Waals surface area contributed by atoms with E-state index in [0.29, 0.717) is 17.1 Å². The van der Waals surface area contributed by atoms with Crippen molar-refractivity contribution in [3.05, 3.63) is 59.2 Å². The highest BCUT2D eigenvalue weighted by Crippen LogP contribution is 2.30. The fraction of sp³-hybridized carbons (Fsp3) is 0.458. The molecular weight excluding hydrogens is 364 g/mol. The maximum absolute atomic E-state index is 12.7. The third-order valence-corrected chi connectivity index (χ3v) is 5.75. The van der Waals surface area contributed by atoms with Crippen molar-refractivity contribution in [3.63, 3.8) is 0 Å². The van der Waals surface area contributed by atoms with Gasteiger partial charge in [0, 0.05) is 12.1 Å². The Kier molecular flexibility index (Phi) is 7.15. The van der Waals surface area contributed by atoms with Gasteiger partial charge in [0.05, 0.1) is 20.3 Å². The van der Waals surface area contributed by atoms with Gasteiger partial charge in [-0.15, -0.1) is 0 Å². The molecule has 1 N–H and O–H groups in total. The molecule has 2 aromatic carbocycles. The van der Waals surface area contributed by atoms with E-state index in [1.165, 1.54) is 18.4 Å². The second kappa shape index (κ2) is 9.79. The molecule has 5 heteroatoms. The van der Waals surface area contributed by atoms with Crippen molar-refractivity contribution in [1.29, 1.82) is 0 Å². The highest BCUT2D eigenvalue weighted by Gasteiger charge is 2.17. The standard InChI is InChI=1S/C24H32N2O3/c1-17-11-13-26(14-12-17)16-19-5-7-20(8-6-19)24(27)25-18(2)21-9-10-22(28-3)23(15-21)29-4/h5-10,15,17-18H,11-14,16H2,1-4H3,(H,25,27). The van der Waals surface area contributed by atoms with Crippen LogP contribution in [0.3, 0.4) is 0 Å². The Labute approximate surface area is 174 Å². The molecule has 1 amide bonds. The predicted molar refractivity (Wildman–Crippen MR) is 116 cm³/mol. The van der Waals surface area contributed by atoms with Crippen LogP contribution in [0.2, 0.25) is 0 Å². The number of methoxy groups -OCH3 is 2. The molecule has 1 aliphatic heterocycles. The van der Waals surface area contributed by atoms with Gasteiger partial charge in [-0.25, -0.2) is 0 Å². The Balaban J connectivity index is 1.59. The Morgan fingerprint density at radius 1 is 1.07 bits per heavy atom. The number of benzene rings is 2. The summed E-state index contributed by atoms with van der Waals surface area (Å²) in [6.07, 6.45) is 2.54. The molecule has 0 spiro atoms. The summed E-state index contributed by atoms with van der Waals surface area (Å²) in [5, 5.41) is 3.06. The quantitative estimate of drug-likeness (QED) is 0.752. The lowest BCUT2D eigenvalue weighted by Gasteiger charge is -2.30. The van der Waals surface area contributed by atoms with Gasteiger partial charge in [0.2, 0.25) is 0 Å². The summed E-state index contributed by atoms with van der Waals surface area (Å²) < 4.78 is 10.6. The monoisotopic (exact) mass is 396 g/mol. The predicted octanol–water partition coefficient (Wildman–Crippen LogP) is 4.43. The van der Waals surface area contributed by atoms with Crippen molar-refractivity contribution in [2.24, 2.45) is 5.92 Å². The van der Waals surface area contributed by atoms with Gasteiger partial charge in [0.15, 0.2) is 11.5 Å². The Morgan fingerprint density at radius 2 is 1.72 bits per heavy atom. The Morgan fingerprint density at radius 3 is 2.34 bits per heavy atom. The molecule has 0 aliphatic carbocycles. The van der Waals surface area contributed by atoms with E-state index in [1.54, 1.807) is 14.2 Å². The van der Waals surface area contributed by atoms with E-state index in [2.05, 4.69) is 29.3 Å². The molecule has 1 heterocycles. The number of hydrogen-bond donors (Lipinski definition) is 1. The van der Waals surface area contributed by atoms with Crippen molar-refractivity contribution in [3.8, 4) is 11.5 Å². The van der Waals surface area contributed by atoms with Gasteiger partial charge in [0.1, 0.15) is 0 Å². The minimum atomic E-state index is -0.141. The Bertz CT molecular complexity index is 811. The first kappa shape index (κ1) is 21.2. The topological polar surface area (TPSA) is 50.8 Å². The number of hydrogen-bond acceptors (Lipinski definition) is 4. The molecule has 1 saturated heterocycles. The van der Waals surface area contributed by atoms with E-state index in [1.807, 2.05) is 37.3 Å². The molecule has 0 aromatic heterocycles. The van der Waals surface area contributed by atoms with E-state index in [4.69, 9.17) is 9.47 Å². The van der Waals surface area contributed by atoms with Crippen molar-refractivity contribution in [1.82, 2.24) is 10.2 Å². The first-order valence-corrected chi connectivity index (χ1v) is 10.3. The van der Waals surface area contributed by atoms with Gasteiger partial charge in [-0.05, 0) is 74.2 Å². The number of amides is 1. The number of piperidine rings is 1. The van der Waals surface area contributed by atoms with Crippen LogP contribution in [0.15, 0.2) is 42.5 Å². The summed E-state index contributed by atoms with van der Waals surface area (Å²) in [6, 6.07) is 13.5. The second-order valence-electron chi connectivity index (χ2n) is 7.97. The van der Waals surface area contributed by atoms with Crippen molar-refractivity contribution >= 4 is 5.91 Å². The fourth-order valence-corrected chi connectivity index (χ4v) is 3.73. The fourth-order valence-electron chi connectivity index (χ4n) is 3.73. The molecular formula is C24H32N2O3. The zero-order valence-electron chi connectivity index (χ0n) is 17.9. The van der Waals surface area contributed by atoms with Gasteiger partial charge >= 0.3 is 0 Å². The van der Waals surface area contributed by atoms with Crippen LogP contribution in [0.4, 0.5) is 0 Å². The third kappa shape index (κ3) is 5.51. The molecule has 1 unspecified atom stereocenters. The zero-order valence-corrected chi connectivity index (χ0v) is 17.9. The van der Waals surface area contributed by atoms with Crippen LogP contribution in [-0.2, 0) is 6.54 Å². The molecule has 29 heavy (non-hydrogen) atoms. The summed E-state index contributed by atoms with van der Waals surface area (Å²) in [7, 11) is 3.22. The van der Waals surface area contributed by atoms with E-state index < -0.39 is 0 Å². The van der Waals surface area contributed by atoms with Crippen LogP contribution in [0.25, 0.3) is 0 Å². The molecule has 1 aliphatic rings. The van der Waals surface area contributed by atoms with Gasteiger partial charge in [-0.1, -0.05) is 25.1 Å². The molecule has 0 bridgehead atoms. The van der Waals surface area contributed by atoms with E-state index in [0.717, 1.165) is 31.1 Å². The van der Waals surface area contributed by atoms with Gasteiger partial charge in [-0.2, -0.15) is 0 Å². The number of nitrogens with zero attached hydrogens (tertiary/aromatic N) is 1. The second-order valence-corrected chi connectivity index (χ2v) is 7.97. The van der Waals surface area contributed by atoms with E-state index in [-0.39, 0.29) is 11.9 Å². The molecule has 1 atom stereocenters. The molecule has 0 saturated carbocycles. The van der Waals surface area contributed by atoms with Gasteiger partial charge in [0.25, 0.3) is 5.91 Å². The van der Waals surface area contributed by atoms with E-state index >= 15 is 0 Å². The minimum Gasteiger partial charge on any atom is -0.493 e. The van der Waals surface area contributed by atoms with Crippen molar-refractivity contribution in [2.45, 2.75) is 39.3 Å². The van der Waals surface area contributed by atoms with Crippen LogP contribution in [0, 0.1) is 5.92 Å². The van der Waals surface area contributed by atoms with Crippen LogP contribution >= 0.6 is 0 Å². The van der Waals surface area contributed by atoms with Crippen molar-refractivity contribution < 1.29 is 14.3 Å². The normalized spacial score (nSPS) is 16.3.